The third kappa shape index (κ3) is 4.94. The van der Waals surface area contributed by atoms with Gasteiger partial charge in [0, 0.05) is 5.56 Å². The number of nitrogens with one attached hydrogen (secondary N) is 1. The number of alkyl halides is 3. The number of hydrogen-bond donors (Lipinski definition) is 1. The van der Waals surface area contributed by atoms with Crippen molar-refractivity contribution in [3.8, 4) is 0 Å². The average molecular weight is 297 g/mol. The quantitative estimate of drug-likeness (QED) is 0.506. The van der Waals surface area contributed by atoms with Crippen molar-refractivity contribution in [2.45, 2.75) is 3.79 Å². The summed E-state index contributed by atoms with van der Waals surface area (Å²) in [6.07, 6.45) is 3.06. The van der Waals surface area contributed by atoms with Crippen LogP contribution >= 0.6 is 34.8 Å². The second kappa shape index (κ2) is 6.24. The molecule has 2 nitrogen and oxygen atoms in total. The van der Waals surface area contributed by atoms with E-state index in [1.54, 1.807) is 18.2 Å². The molecule has 1 aromatic rings. The van der Waals surface area contributed by atoms with Crippen molar-refractivity contribution in [1.82, 2.24) is 0 Å². The molecule has 6 heteroatoms. The molecule has 0 aliphatic rings. The second-order valence-corrected chi connectivity index (χ2v) is 5.34. The molecule has 0 saturated carbocycles. The van der Waals surface area contributed by atoms with Gasteiger partial charge in [-0.3, -0.25) is 5.41 Å². The maximum Gasteiger partial charge on any atom is 0.265 e. The van der Waals surface area contributed by atoms with Crippen LogP contribution in [-0.2, 0) is 4.74 Å². The van der Waals surface area contributed by atoms with Gasteiger partial charge in [-0.05, 0) is 12.1 Å². The average Bonchev–Trinajstić information content (AvgIpc) is 2.25. The Kier molecular flexibility index (Phi) is 5.25. The maximum atomic E-state index is 13.2. The van der Waals surface area contributed by atoms with Crippen LogP contribution in [0.25, 0.3) is 6.08 Å². The number of halogens is 4. The predicted octanol–water partition coefficient (Wildman–Crippen LogP) is 4.20. The Labute approximate surface area is 113 Å². The van der Waals surface area contributed by atoms with Gasteiger partial charge in [-0.2, -0.15) is 0 Å². The van der Waals surface area contributed by atoms with Gasteiger partial charge in [0.25, 0.3) is 3.79 Å². The van der Waals surface area contributed by atoms with Crippen LogP contribution in [0.15, 0.2) is 30.3 Å². The fraction of sp³-hybridized carbons (Fsp3) is 0.182. The predicted molar refractivity (Wildman–Crippen MR) is 69.4 cm³/mol. The van der Waals surface area contributed by atoms with Crippen LogP contribution in [0.2, 0.25) is 0 Å². The van der Waals surface area contributed by atoms with Gasteiger partial charge in [0.2, 0.25) is 5.90 Å². The highest BCUT2D eigenvalue weighted by atomic mass is 35.6. The molecular formula is C11H9Cl3FNO. The molecule has 1 rings (SSSR count). The molecule has 1 aromatic carbocycles. The van der Waals surface area contributed by atoms with Gasteiger partial charge < -0.3 is 4.74 Å². The molecule has 92 valence electrons. The minimum absolute atomic E-state index is 0.0288. The Bertz CT molecular complexity index is 429. The molecule has 0 bridgehead atoms. The maximum absolute atomic E-state index is 13.2. The van der Waals surface area contributed by atoms with E-state index in [0.29, 0.717) is 5.56 Å². The van der Waals surface area contributed by atoms with Gasteiger partial charge >= 0.3 is 0 Å². The van der Waals surface area contributed by atoms with Crippen LogP contribution in [-0.4, -0.2) is 16.3 Å². The van der Waals surface area contributed by atoms with Crippen molar-refractivity contribution in [2.75, 3.05) is 6.61 Å². The van der Waals surface area contributed by atoms with E-state index < -0.39 is 9.69 Å². The molecule has 0 aromatic heterocycles. The zero-order valence-electron chi connectivity index (χ0n) is 8.59. The molecule has 0 heterocycles. The summed E-state index contributed by atoms with van der Waals surface area (Å²) in [5.41, 5.74) is 0.427. The Morgan fingerprint density at radius 3 is 2.59 bits per heavy atom. The van der Waals surface area contributed by atoms with Crippen molar-refractivity contribution >= 4 is 46.8 Å². The van der Waals surface area contributed by atoms with E-state index in [1.807, 2.05) is 0 Å². The molecule has 0 amide bonds. The number of hydrogen-bond acceptors (Lipinski definition) is 2. The first-order chi connectivity index (χ1) is 7.91. The van der Waals surface area contributed by atoms with Crippen molar-refractivity contribution in [3.05, 3.63) is 41.7 Å². The van der Waals surface area contributed by atoms with E-state index in [9.17, 15) is 4.39 Å². The lowest BCUT2D eigenvalue weighted by Gasteiger charge is -2.11. The second-order valence-electron chi connectivity index (χ2n) is 3.06. The number of ether oxygens (including phenoxy) is 1. The summed E-state index contributed by atoms with van der Waals surface area (Å²) in [5.74, 6) is -0.805. The molecule has 0 aliphatic heterocycles. The third-order valence-corrected chi connectivity index (χ3v) is 2.30. The van der Waals surface area contributed by atoms with E-state index in [4.69, 9.17) is 44.9 Å². The lowest BCUT2D eigenvalue weighted by atomic mass is 10.2. The van der Waals surface area contributed by atoms with E-state index in [2.05, 4.69) is 0 Å². The molecule has 0 atom stereocenters. The Balaban J connectivity index is 2.47. The highest BCUT2D eigenvalue weighted by molar-refractivity contribution is 6.76. The summed E-state index contributed by atoms with van der Waals surface area (Å²) in [4.78, 5) is 0. The lowest BCUT2D eigenvalue weighted by Crippen LogP contribution is -2.21. The van der Waals surface area contributed by atoms with Crippen LogP contribution in [0.3, 0.4) is 0 Å². The van der Waals surface area contributed by atoms with Gasteiger partial charge in [0.1, 0.15) is 12.4 Å². The van der Waals surface area contributed by atoms with Gasteiger partial charge in [-0.25, -0.2) is 4.39 Å². The molecule has 0 saturated heterocycles. The Hall–Kier alpha value is -0.770. The fourth-order valence-electron chi connectivity index (χ4n) is 0.999. The van der Waals surface area contributed by atoms with Crippen LogP contribution in [0.4, 0.5) is 4.39 Å². The molecule has 0 spiro atoms. The van der Waals surface area contributed by atoms with E-state index in [0.717, 1.165) is 0 Å². The minimum Gasteiger partial charge on any atom is -0.474 e. The van der Waals surface area contributed by atoms with Crippen LogP contribution < -0.4 is 0 Å². The zero-order chi connectivity index (χ0) is 12.9. The smallest absolute Gasteiger partial charge is 0.265 e. The van der Waals surface area contributed by atoms with Crippen molar-refractivity contribution in [1.29, 1.82) is 5.41 Å². The Morgan fingerprint density at radius 2 is 2.00 bits per heavy atom. The highest BCUT2D eigenvalue weighted by Crippen LogP contribution is 2.27. The zero-order valence-corrected chi connectivity index (χ0v) is 10.9. The summed E-state index contributed by atoms with van der Waals surface area (Å²) < 4.78 is 16.1. The molecule has 0 radical (unpaired) electrons. The molecule has 0 aliphatic carbocycles. The lowest BCUT2D eigenvalue weighted by molar-refractivity contribution is 0.341. The SMILES string of the molecule is N=C(OC/C=C/c1ccccc1F)C(Cl)(Cl)Cl. The van der Waals surface area contributed by atoms with Crippen molar-refractivity contribution in [3.63, 3.8) is 0 Å². The first-order valence-corrected chi connectivity index (χ1v) is 5.74. The van der Waals surface area contributed by atoms with Crippen molar-refractivity contribution in [2.24, 2.45) is 0 Å². The van der Waals surface area contributed by atoms with Gasteiger partial charge in [-0.15, -0.1) is 0 Å². The first-order valence-electron chi connectivity index (χ1n) is 4.61. The largest absolute Gasteiger partial charge is 0.474 e. The van der Waals surface area contributed by atoms with Gasteiger partial charge in [0.05, 0.1) is 0 Å². The third-order valence-electron chi connectivity index (χ3n) is 1.78. The first kappa shape index (κ1) is 14.3. The summed E-state index contributed by atoms with van der Waals surface area (Å²) >= 11 is 16.2. The van der Waals surface area contributed by atoms with Crippen LogP contribution in [0.1, 0.15) is 5.56 Å². The molecule has 1 N–H and O–H groups in total. The summed E-state index contributed by atoms with van der Waals surface area (Å²) in [5, 5.41) is 7.24. The van der Waals surface area contributed by atoms with Gasteiger partial charge in [0.15, 0.2) is 0 Å². The van der Waals surface area contributed by atoms with E-state index >= 15 is 0 Å². The molecule has 17 heavy (non-hydrogen) atoms. The fourth-order valence-corrected chi connectivity index (χ4v) is 1.16. The summed E-state index contributed by atoms with van der Waals surface area (Å²) in [6.45, 7) is 0.0288. The van der Waals surface area contributed by atoms with Crippen LogP contribution in [0.5, 0.6) is 0 Å². The normalized spacial score (nSPS) is 11.8. The topological polar surface area (TPSA) is 33.1 Å². The molecule has 0 unspecified atom stereocenters. The monoisotopic (exact) mass is 295 g/mol. The van der Waals surface area contributed by atoms with Gasteiger partial charge in [-0.1, -0.05) is 59.1 Å². The minimum atomic E-state index is -1.87. The van der Waals surface area contributed by atoms with Crippen LogP contribution in [0, 0.1) is 11.2 Å². The summed E-state index contributed by atoms with van der Waals surface area (Å²) in [7, 11) is 0. The molecule has 0 fully saturated rings. The summed E-state index contributed by atoms with van der Waals surface area (Å²) in [6, 6.07) is 6.28. The Morgan fingerprint density at radius 1 is 1.35 bits per heavy atom. The van der Waals surface area contributed by atoms with E-state index in [-0.39, 0.29) is 12.4 Å². The number of rotatable bonds is 3. The standard InChI is InChI=1S/C11H9Cl3FNO/c12-11(13,14)10(16)17-7-3-5-8-4-1-2-6-9(8)15/h1-6,16H,7H2/b5-3+,16-10?. The number of benzene rings is 1. The van der Waals surface area contributed by atoms with E-state index in [1.165, 1.54) is 18.2 Å². The molecular weight excluding hydrogens is 287 g/mol. The van der Waals surface area contributed by atoms with Crippen molar-refractivity contribution < 1.29 is 9.13 Å². The highest BCUT2D eigenvalue weighted by Gasteiger charge is 2.28.